The van der Waals surface area contributed by atoms with Crippen LogP contribution in [0.1, 0.15) is 133 Å². The van der Waals surface area contributed by atoms with E-state index in [1.807, 2.05) is 0 Å². The van der Waals surface area contributed by atoms with Crippen LogP contribution in [0.5, 0.6) is 0 Å². The summed E-state index contributed by atoms with van der Waals surface area (Å²) < 4.78 is 0. The highest BCUT2D eigenvalue weighted by Crippen LogP contribution is 2.60. The van der Waals surface area contributed by atoms with Crippen molar-refractivity contribution in [1.29, 1.82) is 0 Å². The molecule has 3 rings (SSSR count). The van der Waals surface area contributed by atoms with Gasteiger partial charge >= 0.3 is 0 Å². The maximum atomic E-state index is 2.67. The van der Waals surface area contributed by atoms with E-state index in [1.54, 1.807) is 11.1 Å². The van der Waals surface area contributed by atoms with E-state index in [9.17, 15) is 0 Å². The summed E-state index contributed by atoms with van der Waals surface area (Å²) in [7, 11) is 0. The summed E-state index contributed by atoms with van der Waals surface area (Å²) in [5.41, 5.74) is 5.44. The van der Waals surface area contributed by atoms with Gasteiger partial charge in [0.25, 0.3) is 0 Å². The Kier molecular flexibility index (Phi) is 7.31. The zero-order valence-corrected chi connectivity index (χ0v) is 22.7. The normalized spacial score (nSPS) is 35.1. The summed E-state index contributed by atoms with van der Waals surface area (Å²) in [6, 6.07) is 0. The lowest BCUT2D eigenvalue weighted by Crippen LogP contribution is -2.36. The first-order valence-corrected chi connectivity index (χ1v) is 13.6. The molecule has 178 valence electrons. The summed E-state index contributed by atoms with van der Waals surface area (Å²) in [5, 5.41) is 0. The molecule has 0 N–H and O–H groups in total. The summed E-state index contributed by atoms with van der Waals surface area (Å²) in [6.07, 6.45) is 20.4. The van der Waals surface area contributed by atoms with Crippen LogP contribution in [0.25, 0.3) is 0 Å². The van der Waals surface area contributed by atoms with Crippen LogP contribution in [0, 0.1) is 39.4 Å². The molecular weight excluding hydrogens is 372 g/mol. The van der Waals surface area contributed by atoms with Crippen LogP contribution in [0.15, 0.2) is 23.3 Å². The van der Waals surface area contributed by atoms with Crippen LogP contribution >= 0.6 is 0 Å². The summed E-state index contributed by atoms with van der Waals surface area (Å²) in [5.74, 6) is 2.66. The van der Waals surface area contributed by atoms with Crippen LogP contribution in [-0.4, -0.2) is 0 Å². The minimum atomic E-state index is 0.452. The standard InChI is InChI=1S/C31H54/c1-23(12-10-18-28(2,3)4)26-16-17-27-25(13-11-19-31(26,27)9)15-14-24-20-29(5,6)22-30(7,8)21-24/h14-15,23,26-27H,10-13,16-22H2,1-9H3/b25-15+/t23-,26-,27+,31-/m1/s1. The second-order valence-electron chi connectivity index (χ2n) is 15.0. The summed E-state index contributed by atoms with van der Waals surface area (Å²) >= 11 is 0. The molecule has 3 aliphatic rings. The number of hydrogen-bond acceptors (Lipinski definition) is 0. The molecule has 3 aliphatic carbocycles. The van der Waals surface area contributed by atoms with Crippen LogP contribution in [0.2, 0.25) is 0 Å². The third-order valence-electron chi connectivity index (χ3n) is 9.21. The van der Waals surface area contributed by atoms with E-state index in [4.69, 9.17) is 0 Å². The zero-order chi connectivity index (χ0) is 23.1. The maximum absolute atomic E-state index is 2.67. The highest BCUT2D eigenvalue weighted by Gasteiger charge is 2.50. The molecule has 3 fully saturated rings. The highest BCUT2D eigenvalue weighted by molar-refractivity contribution is 5.26. The van der Waals surface area contributed by atoms with Crippen LogP contribution in [0.4, 0.5) is 0 Å². The van der Waals surface area contributed by atoms with Gasteiger partial charge in [0.1, 0.15) is 0 Å². The molecule has 0 nitrogen and oxygen atoms in total. The number of allylic oxidation sites excluding steroid dienone is 4. The van der Waals surface area contributed by atoms with Gasteiger partial charge in [0.2, 0.25) is 0 Å². The Morgan fingerprint density at radius 2 is 1.61 bits per heavy atom. The first-order valence-electron chi connectivity index (χ1n) is 13.6. The van der Waals surface area contributed by atoms with Gasteiger partial charge in [0.05, 0.1) is 0 Å². The Morgan fingerprint density at radius 3 is 2.23 bits per heavy atom. The van der Waals surface area contributed by atoms with Crippen molar-refractivity contribution in [2.75, 3.05) is 0 Å². The lowest BCUT2D eigenvalue weighted by Gasteiger charge is -2.44. The fraction of sp³-hybridized carbons (Fsp3) is 0.871. The molecule has 0 heterocycles. The molecule has 3 saturated carbocycles. The molecule has 0 aromatic carbocycles. The first-order chi connectivity index (χ1) is 14.2. The minimum absolute atomic E-state index is 0.452. The lowest BCUT2D eigenvalue weighted by atomic mass is 9.60. The van der Waals surface area contributed by atoms with E-state index in [0.717, 1.165) is 17.8 Å². The topological polar surface area (TPSA) is 0 Å². The van der Waals surface area contributed by atoms with Gasteiger partial charge in [-0.1, -0.05) is 98.5 Å². The molecule has 0 radical (unpaired) electrons. The van der Waals surface area contributed by atoms with E-state index in [-0.39, 0.29) is 0 Å². The van der Waals surface area contributed by atoms with E-state index < -0.39 is 0 Å². The summed E-state index contributed by atoms with van der Waals surface area (Å²) in [4.78, 5) is 0. The predicted molar refractivity (Wildman–Crippen MR) is 138 cm³/mol. The van der Waals surface area contributed by atoms with Crippen molar-refractivity contribution >= 4 is 0 Å². The zero-order valence-electron chi connectivity index (χ0n) is 22.7. The number of fused-ring (bicyclic) bond motifs is 1. The summed E-state index contributed by atoms with van der Waals surface area (Å²) in [6.45, 7) is 22.3. The van der Waals surface area contributed by atoms with Crippen molar-refractivity contribution in [2.45, 2.75) is 133 Å². The van der Waals surface area contributed by atoms with Gasteiger partial charge in [0.15, 0.2) is 0 Å². The van der Waals surface area contributed by atoms with Crippen molar-refractivity contribution in [2.24, 2.45) is 39.4 Å². The van der Waals surface area contributed by atoms with Crippen molar-refractivity contribution in [3.8, 4) is 0 Å². The molecule has 0 heteroatoms. The van der Waals surface area contributed by atoms with Gasteiger partial charge in [0, 0.05) is 0 Å². The largest absolute Gasteiger partial charge is 0.0692 e. The number of hydrogen-bond donors (Lipinski definition) is 0. The number of rotatable bonds is 5. The third-order valence-corrected chi connectivity index (χ3v) is 9.21. The van der Waals surface area contributed by atoms with Crippen molar-refractivity contribution in [3.63, 3.8) is 0 Å². The Labute approximate surface area is 195 Å². The predicted octanol–water partition coefficient (Wildman–Crippen LogP) is 10.1. The average Bonchev–Trinajstić information content (AvgIpc) is 2.93. The molecule has 0 aliphatic heterocycles. The van der Waals surface area contributed by atoms with Gasteiger partial charge in [-0.2, -0.15) is 0 Å². The van der Waals surface area contributed by atoms with E-state index >= 15 is 0 Å². The Bertz CT molecular complexity index is 661. The highest BCUT2D eigenvalue weighted by atomic mass is 14.5. The molecule has 0 aromatic rings. The molecule has 0 bridgehead atoms. The molecule has 0 unspecified atom stereocenters. The minimum Gasteiger partial charge on any atom is -0.0692 e. The fourth-order valence-electron chi connectivity index (χ4n) is 8.42. The average molecular weight is 427 g/mol. The van der Waals surface area contributed by atoms with Crippen molar-refractivity contribution in [1.82, 2.24) is 0 Å². The Hall–Kier alpha value is -0.520. The monoisotopic (exact) mass is 426 g/mol. The van der Waals surface area contributed by atoms with Crippen LogP contribution < -0.4 is 0 Å². The van der Waals surface area contributed by atoms with E-state index in [0.29, 0.717) is 21.7 Å². The second-order valence-corrected chi connectivity index (χ2v) is 15.0. The molecule has 0 amide bonds. The molecule has 0 saturated heterocycles. The van der Waals surface area contributed by atoms with Gasteiger partial charge in [-0.05, 0) is 97.2 Å². The molecular formula is C31H54. The van der Waals surface area contributed by atoms with Crippen LogP contribution in [-0.2, 0) is 0 Å². The second kappa shape index (κ2) is 9.02. The molecule has 31 heavy (non-hydrogen) atoms. The maximum Gasteiger partial charge on any atom is -0.0143 e. The van der Waals surface area contributed by atoms with Gasteiger partial charge in [-0.15, -0.1) is 0 Å². The molecule has 4 atom stereocenters. The van der Waals surface area contributed by atoms with Crippen LogP contribution in [0.3, 0.4) is 0 Å². The fourth-order valence-corrected chi connectivity index (χ4v) is 8.42. The Morgan fingerprint density at radius 1 is 0.968 bits per heavy atom. The van der Waals surface area contributed by atoms with E-state index in [2.05, 4.69) is 74.5 Å². The molecule has 0 spiro atoms. The van der Waals surface area contributed by atoms with E-state index in [1.165, 1.54) is 70.6 Å². The van der Waals surface area contributed by atoms with Gasteiger partial charge in [-0.3, -0.25) is 0 Å². The quantitative estimate of drug-likeness (QED) is 0.410. The third kappa shape index (κ3) is 6.29. The van der Waals surface area contributed by atoms with Crippen molar-refractivity contribution < 1.29 is 0 Å². The van der Waals surface area contributed by atoms with Crippen molar-refractivity contribution in [3.05, 3.63) is 23.3 Å². The van der Waals surface area contributed by atoms with Gasteiger partial charge < -0.3 is 0 Å². The lowest BCUT2D eigenvalue weighted by molar-refractivity contribution is 0.0920. The van der Waals surface area contributed by atoms with Gasteiger partial charge in [-0.25, -0.2) is 0 Å². The SMILES string of the molecule is C[C@H](CCCC(C)(C)C)[C@H]1CC[C@H]2/C(=C/C=C3CC(C)(C)CC(C)(C)C3)CCC[C@]12C. The Balaban J connectivity index is 1.70. The molecule has 0 aromatic heterocycles. The smallest absolute Gasteiger partial charge is 0.0143 e. The first kappa shape index (κ1) is 25.1.